The van der Waals surface area contributed by atoms with Gasteiger partial charge in [0.05, 0.1) is 33.9 Å². The van der Waals surface area contributed by atoms with Gasteiger partial charge in [-0.3, -0.25) is 9.13 Å². The lowest BCUT2D eigenvalue weighted by atomic mass is 9.79. The van der Waals surface area contributed by atoms with E-state index in [0.29, 0.717) is 41.0 Å². The van der Waals surface area contributed by atoms with Crippen molar-refractivity contribution in [2.75, 3.05) is 0 Å². The molecule has 9 nitrogen and oxygen atoms in total. The van der Waals surface area contributed by atoms with Gasteiger partial charge >= 0.3 is 11.9 Å². The highest BCUT2D eigenvalue weighted by Gasteiger charge is 2.40. The molecule has 5 aromatic rings. The number of hydrogen-bond donors (Lipinski definition) is 1. The molecule has 12 heteroatoms. The van der Waals surface area contributed by atoms with Gasteiger partial charge in [0.25, 0.3) is 0 Å². The van der Waals surface area contributed by atoms with E-state index in [2.05, 4.69) is 25.1 Å². The Labute approximate surface area is 206 Å². The lowest BCUT2D eigenvalue weighted by molar-refractivity contribution is -0.137. The van der Waals surface area contributed by atoms with E-state index in [1.54, 1.807) is 28.8 Å². The number of fused-ring (bicyclic) bond motifs is 1. The summed E-state index contributed by atoms with van der Waals surface area (Å²) in [5.74, 6) is 0.289. The predicted octanol–water partition coefficient (Wildman–Crippen LogP) is 4.38. The summed E-state index contributed by atoms with van der Waals surface area (Å²) in [6, 6.07) is 13.7. The van der Waals surface area contributed by atoms with Gasteiger partial charge in [-0.2, -0.15) is 18.4 Å². The highest BCUT2D eigenvalue weighted by molar-refractivity contribution is 5.77. The summed E-state index contributed by atoms with van der Waals surface area (Å²) >= 11 is 0. The molecule has 0 aliphatic heterocycles. The van der Waals surface area contributed by atoms with Gasteiger partial charge in [-0.05, 0) is 49.2 Å². The first kappa shape index (κ1) is 22.7. The molecule has 3 heterocycles. The van der Waals surface area contributed by atoms with Gasteiger partial charge in [-0.15, -0.1) is 10.2 Å². The van der Waals surface area contributed by atoms with Crippen LogP contribution >= 0.6 is 0 Å². The summed E-state index contributed by atoms with van der Waals surface area (Å²) in [6.07, 6.45) is -0.865. The van der Waals surface area contributed by atoms with Crippen LogP contribution in [0.25, 0.3) is 28.2 Å². The van der Waals surface area contributed by atoms with Gasteiger partial charge in [-0.1, -0.05) is 12.1 Å². The minimum atomic E-state index is -4.59. The Morgan fingerprint density at radius 3 is 2.62 bits per heavy atom. The minimum absolute atomic E-state index is 0.0969. The zero-order valence-corrected chi connectivity index (χ0v) is 19.0. The van der Waals surface area contributed by atoms with Crippen LogP contribution in [0.15, 0.2) is 65.8 Å². The molecule has 1 saturated carbocycles. The summed E-state index contributed by atoms with van der Waals surface area (Å²) < 4.78 is 44.9. The molecule has 3 aromatic heterocycles. The molecule has 0 spiro atoms. The van der Waals surface area contributed by atoms with Crippen molar-refractivity contribution in [3.8, 4) is 23.3 Å². The Morgan fingerprint density at radius 2 is 1.89 bits per heavy atom. The molecule has 1 N–H and O–H groups in total. The van der Waals surface area contributed by atoms with Crippen LogP contribution in [0.1, 0.15) is 41.8 Å². The van der Waals surface area contributed by atoms with E-state index in [1.165, 1.54) is 35.3 Å². The molecule has 1 aliphatic carbocycles. The maximum absolute atomic E-state index is 14.0. The normalized spacial score (nSPS) is 17.5. The Bertz CT molecular complexity index is 1720. The number of imidazole rings is 1. The van der Waals surface area contributed by atoms with Crippen molar-refractivity contribution < 1.29 is 13.2 Å². The van der Waals surface area contributed by atoms with Gasteiger partial charge in [0, 0.05) is 18.2 Å². The fourth-order valence-electron chi connectivity index (χ4n) is 4.87. The van der Waals surface area contributed by atoms with E-state index in [4.69, 9.17) is 5.26 Å². The largest absolute Gasteiger partial charge is 0.418 e. The SMILES string of the molecule is N#Cc1ccc2c(c1)[nH]c(=O)n2C1CC(c2nnc(-c3ccncn3)n2-c2ccccc2C(F)(F)F)C1. The van der Waals surface area contributed by atoms with E-state index in [0.717, 1.165) is 6.07 Å². The number of para-hydroxylation sites is 1. The molecule has 0 bridgehead atoms. The average Bonchev–Trinajstić information content (AvgIpc) is 3.44. The van der Waals surface area contributed by atoms with Crippen molar-refractivity contribution in [3.63, 3.8) is 0 Å². The lowest BCUT2D eigenvalue weighted by Gasteiger charge is -2.35. The minimum Gasteiger partial charge on any atom is -0.305 e. The van der Waals surface area contributed by atoms with Gasteiger partial charge in [0.2, 0.25) is 0 Å². The highest BCUT2D eigenvalue weighted by Crippen LogP contribution is 2.46. The van der Waals surface area contributed by atoms with Crippen LogP contribution in [-0.4, -0.2) is 34.3 Å². The van der Waals surface area contributed by atoms with Crippen LogP contribution in [0.2, 0.25) is 0 Å². The number of aromatic amines is 1. The first-order valence-corrected chi connectivity index (χ1v) is 11.4. The third kappa shape index (κ3) is 3.76. The molecule has 0 radical (unpaired) electrons. The first-order valence-electron chi connectivity index (χ1n) is 11.4. The third-order valence-electron chi connectivity index (χ3n) is 6.64. The number of rotatable bonds is 4. The fourth-order valence-corrected chi connectivity index (χ4v) is 4.87. The summed E-state index contributed by atoms with van der Waals surface area (Å²) in [6.45, 7) is 0. The van der Waals surface area contributed by atoms with Gasteiger partial charge in [0.1, 0.15) is 17.8 Å². The van der Waals surface area contributed by atoms with Crippen molar-refractivity contribution in [3.05, 3.63) is 88.5 Å². The van der Waals surface area contributed by atoms with Crippen LogP contribution in [0.3, 0.4) is 0 Å². The zero-order valence-electron chi connectivity index (χ0n) is 19.0. The second-order valence-electron chi connectivity index (χ2n) is 8.79. The Morgan fingerprint density at radius 1 is 1.08 bits per heavy atom. The fraction of sp³-hybridized carbons (Fsp3) is 0.200. The molecular weight excluding hydrogens is 485 g/mol. The van der Waals surface area contributed by atoms with Gasteiger partial charge in [0.15, 0.2) is 5.82 Å². The molecule has 6 rings (SSSR count). The second kappa shape index (κ2) is 8.41. The monoisotopic (exact) mass is 502 g/mol. The van der Waals surface area contributed by atoms with Crippen molar-refractivity contribution in [1.29, 1.82) is 5.26 Å². The number of alkyl halides is 3. The average molecular weight is 502 g/mol. The predicted molar refractivity (Wildman–Crippen MR) is 126 cm³/mol. The molecule has 0 atom stereocenters. The van der Waals surface area contributed by atoms with E-state index >= 15 is 0 Å². The van der Waals surface area contributed by atoms with Crippen molar-refractivity contribution >= 4 is 11.0 Å². The standard InChI is InChI=1S/C25H17F3N8O/c26-25(27,28)17-3-1-2-4-20(17)36-22(33-34-23(36)18-7-8-30-13-31-18)15-10-16(11-15)35-21-6-5-14(12-29)9-19(21)32-24(35)37/h1-9,13,15-16H,10-11H2,(H,32,37). The zero-order chi connectivity index (χ0) is 25.7. The second-order valence-corrected chi connectivity index (χ2v) is 8.79. The smallest absolute Gasteiger partial charge is 0.305 e. The summed E-state index contributed by atoms with van der Waals surface area (Å²) in [4.78, 5) is 23.5. The number of halogens is 3. The van der Waals surface area contributed by atoms with Gasteiger partial charge < -0.3 is 4.98 Å². The first-order chi connectivity index (χ1) is 17.8. The molecule has 184 valence electrons. The number of hydrogen-bond acceptors (Lipinski definition) is 6. The lowest BCUT2D eigenvalue weighted by Crippen LogP contribution is -2.33. The Balaban J connectivity index is 1.41. The van der Waals surface area contributed by atoms with E-state index in [1.807, 2.05) is 6.07 Å². The third-order valence-corrected chi connectivity index (χ3v) is 6.64. The van der Waals surface area contributed by atoms with Crippen LogP contribution in [0, 0.1) is 11.3 Å². The Kier molecular flexibility index (Phi) is 5.15. The molecule has 0 unspecified atom stereocenters. The van der Waals surface area contributed by atoms with Crippen molar-refractivity contribution in [2.45, 2.75) is 31.0 Å². The van der Waals surface area contributed by atoms with E-state index in [9.17, 15) is 18.0 Å². The van der Waals surface area contributed by atoms with Crippen molar-refractivity contribution in [1.82, 2.24) is 34.3 Å². The van der Waals surface area contributed by atoms with Gasteiger partial charge in [-0.25, -0.2) is 14.8 Å². The molecule has 1 fully saturated rings. The van der Waals surface area contributed by atoms with Crippen molar-refractivity contribution in [2.24, 2.45) is 0 Å². The topological polar surface area (TPSA) is 118 Å². The highest BCUT2D eigenvalue weighted by atomic mass is 19.4. The quantitative estimate of drug-likeness (QED) is 0.390. The Hall–Kier alpha value is -4.79. The van der Waals surface area contributed by atoms with Crippen LogP contribution in [0.4, 0.5) is 13.2 Å². The number of H-pyrrole nitrogens is 1. The number of benzene rings is 2. The number of nitrogens with one attached hydrogen (secondary N) is 1. The van der Waals surface area contributed by atoms with Crippen LogP contribution in [0.5, 0.6) is 0 Å². The van der Waals surface area contributed by atoms with E-state index < -0.39 is 11.7 Å². The molecule has 0 amide bonds. The molecule has 0 saturated heterocycles. The molecule has 1 aliphatic rings. The number of aromatic nitrogens is 7. The van der Waals surface area contributed by atoms with Crippen LogP contribution in [-0.2, 0) is 6.18 Å². The van der Waals surface area contributed by atoms with Crippen LogP contribution < -0.4 is 5.69 Å². The molecule has 37 heavy (non-hydrogen) atoms. The summed E-state index contributed by atoms with van der Waals surface area (Å²) in [5, 5.41) is 17.6. The molecular formula is C25H17F3N8O. The number of nitrogens with zero attached hydrogens (tertiary/aromatic N) is 7. The summed E-state index contributed by atoms with van der Waals surface area (Å²) in [7, 11) is 0. The maximum Gasteiger partial charge on any atom is 0.418 e. The van der Waals surface area contributed by atoms with E-state index in [-0.39, 0.29) is 29.2 Å². The molecule has 2 aromatic carbocycles. The number of nitriles is 1. The summed E-state index contributed by atoms with van der Waals surface area (Å²) in [5.41, 5.74) is 0.769. The maximum atomic E-state index is 14.0.